The molecule has 0 aromatic heterocycles. The van der Waals surface area contributed by atoms with Gasteiger partial charge in [0.15, 0.2) is 0 Å². The topological polar surface area (TPSA) is 18.5 Å². The summed E-state index contributed by atoms with van der Waals surface area (Å²) in [6.45, 7) is 10.0. The van der Waals surface area contributed by atoms with Gasteiger partial charge in [-0.1, -0.05) is 19.8 Å². The zero-order chi connectivity index (χ0) is 14.4. The molecule has 1 N–H and O–H groups in total. The maximum atomic E-state index is 3.46. The SMILES string of the molecule is CNCC1(CN(C)CCN2CCCC2)CCCC(C)C1. The molecule has 0 radical (unpaired) electrons. The van der Waals surface area contributed by atoms with Crippen molar-refractivity contribution in [3.8, 4) is 0 Å². The summed E-state index contributed by atoms with van der Waals surface area (Å²) in [5, 5.41) is 3.46. The van der Waals surface area contributed by atoms with Crippen LogP contribution in [0, 0.1) is 11.3 Å². The molecule has 3 heteroatoms. The second-order valence-electron chi connectivity index (χ2n) is 7.52. The van der Waals surface area contributed by atoms with Crippen LogP contribution in [0.5, 0.6) is 0 Å². The molecule has 1 aliphatic heterocycles. The van der Waals surface area contributed by atoms with Crippen LogP contribution in [0.15, 0.2) is 0 Å². The van der Waals surface area contributed by atoms with Gasteiger partial charge in [0.1, 0.15) is 0 Å². The highest BCUT2D eigenvalue weighted by molar-refractivity contribution is 4.89. The van der Waals surface area contributed by atoms with Gasteiger partial charge in [-0.2, -0.15) is 0 Å². The summed E-state index contributed by atoms with van der Waals surface area (Å²) >= 11 is 0. The number of nitrogens with zero attached hydrogens (tertiary/aromatic N) is 2. The first kappa shape index (κ1) is 16.3. The fourth-order valence-corrected chi connectivity index (χ4v) is 4.47. The number of hydrogen-bond donors (Lipinski definition) is 1. The average Bonchev–Trinajstić information content (AvgIpc) is 2.89. The molecule has 1 saturated carbocycles. The highest BCUT2D eigenvalue weighted by Gasteiger charge is 2.35. The van der Waals surface area contributed by atoms with Crippen molar-refractivity contribution in [3.05, 3.63) is 0 Å². The molecule has 2 rings (SSSR count). The van der Waals surface area contributed by atoms with E-state index in [0.717, 1.165) is 5.92 Å². The smallest absolute Gasteiger partial charge is 0.0109 e. The fraction of sp³-hybridized carbons (Fsp3) is 1.00. The minimum absolute atomic E-state index is 0.520. The number of likely N-dealkylation sites (tertiary alicyclic amines) is 1. The van der Waals surface area contributed by atoms with Gasteiger partial charge in [-0.15, -0.1) is 0 Å². The first-order valence-electron chi connectivity index (χ1n) is 8.69. The molecule has 0 bridgehead atoms. The van der Waals surface area contributed by atoms with E-state index >= 15 is 0 Å². The fourth-order valence-electron chi connectivity index (χ4n) is 4.47. The quantitative estimate of drug-likeness (QED) is 0.773. The van der Waals surface area contributed by atoms with E-state index < -0.39 is 0 Å². The van der Waals surface area contributed by atoms with Crippen LogP contribution < -0.4 is 5.32 Å². The number of likely N-dealkylation sites (N-methyl/N-ethyl adjacent to an activating group) is 1. The van der Waals surface area contributed by atoms with E-state index in [9.17, 15) is 0 Å². The van der Waals surface area contributed by atoms with Crippen LogP contribution in [-0.2, 0) is 0 Å². The predicted molar refractivity (Wildman–Crippen MR) is 87.2 cm³/mol. The molecule has 2 fully saturated rings. The minimum Gasteiger partial charge on any atom is -0.319 e. The van der Waals surface area contributed by atoms with E-state index in [-0.39, 0.29) is 0 Å². The van der Waals surface area contributed by atoms with Gasteiger partial charge in [-0.25, -0.2) is 0 Å². The molecule has 20 heavy (non-hydrogen) atoms. The lowest BCUT2D eigenvalue weighted by Gasteiger charge is -2.42. The summed E-state index contributed by atoms with van der Waals surface area (Å²) in [4.78, 5) is 5.22. The predicted octanol–water partition coefficient (Wildman–Crippen LogP) is 2.43. The van der Waals surface area contributed by atoms with Gasteiger partial charge in [0.25, 0.3) is 0 Å². The second kappa shape index (κ2) is 7.77. The van der Waals surface area contributed by atoms with Crippen molar-refractivity contribution < 1.29 is 0 Å². The highest BCUT2D eigenvalue weighted by atomic mass is 15.2. The molecule has 3 nitrogen and oxygen atoms in total. The summed E-state index contributed by atoms with van der Waals surface area (Å²) < 4.78 is 0. The average molecular weight is 281 g/mol. The van der Waals surface area contributed by atoms with E-state index in [2.05, 4.69) is 36.1 Å². The van der Waals surface area contributed by atoms with Crippen LogP contribution in [-0.4, -0.2) is 63.2 Å². The van der Waals surface area contributed by atoms with Crippen molar-refractivity contribution in [1.29, 1.82) is 0 Å². The van der Waals surface area contributed by atoms with Crippen molar-refractivity contribution >= 4 is 0 Å². The molecular formula is C17H35N3. The van der Waals surface area contributed by atoms with Crippen LogP contribution in [0.25, 0.3) is 0 Å². The first-order valence-corrected chi connectivity index (χ1v) is 8.69. The Balaban J connectivity index is 1.80. The van der Waals surface area contributed by atoms with E-state index in [1.165, 1.54) is 77.8 Å². The Hall–Kier alpha value is -0.120. The van der Waals surface area contributed by atoms with Crippen LogP contribution in [0.4, 0.5) is 0 Å². The molecule has 1 saturated heterocycles. The molecule has 1 heterocycles. The molecule has 2 unspecified atom stereocenters. The molecule has 2 atom stereocenters. The van der Waals surface area contributed by atoms with Gasteiger partial charge in [-0.05, 0) is 64.2 Å². The number of nitrogens with one attached hydrogen (secondary N) is 1. The zero-order valence-corrected chi connectivity index (χ0v) is 14.0. The zero-order valence-electron chi connectivity index (χ0n) is 14.0. The maximum absolute atomic E-state index is 3.46. The van der Waals surface area contributed by atoms with Gasteiger partial charge in [-0.3, -0.25) is 0 Å². The molecule has 0 aromatic rings. The van der Waals surface area contributed by atoms with Gasteiger partial charge < -0.3 is 15.1 Å². The van der Waals surface area contributed by atoms with Crippen molar-refractivity contribution in [1.82, 2.24) is 15.1 Å². The molecular weight excluding hydrogens is 246 g/mol. The van der Waals surface area contributed by atoms with Gasteiger partial charge >= 0.3 is 0 Å². The molecule has 0 spiro atoms. The molecule has 1 aliphatic carbocycles. The summed E-state index contributed by atoms with van der Waals surface area (Å²) in [7, 11) is 4.44. The normalized spacial score (nSPS) is 32.1. The third kappa shape index (κ3) is 4.71. The number of hydrogen-bond acceptors (Lipinski definition) is 3. The molecule has 0 amide bonds. The van der Waals surface area contributed by atoms with Crippen LogP contribution in [0.3, 0.4) is 0 Å². The largest absolute Gasteiger partial charge is 0.319 e. The Labute approximate surface area is 126 Å². The lowest BCUT2D eigenvalue weighted by molar-refractivity contribution is 0.0897. The van der Waals surface area contributed by atoms with Gasteiger partial charge in [0, 0.05) is 26.2 Å². The lowest BCUT2D eigenvalue weighted by atomic mass is 9.69. The van der Waals surface area contributed by atoms with E-state index in [4.69, 9.17) is 0 Å². The molecule has 2 aliphatic rings. The minimum atomic E-state index is 0.520. The van der Waals surface area contributed by atoms with Gasteiger partial charge in [0.2, 0.25) is 0 Å². The third-order valence-electron chi connectivity index (χ3n) is 5.34. The summed E-state index contributed by atoms with van der Waals surface area (Å²) in [5.74, 6) is 0.907. The monoisotopic (exact) mass is 281 g/mol. The summed E-state index contributed by atoms with van der Waals surface area (Å²) in [6.07, 6.45) is 8.48. The molecule has 0 aromatic carbocycles. The maximum Gasteiger partial charge on any atom is 0.0109 e. The lowest BCUT2D eigenvalue weighted by Crippen LogP contribution is -2.46. The van der Waals surface area contributed by atoms with Crippen LogP contribution >= 0.6 is 0 Å². The van der Waals surface area contributed by atoms with E-state index in [1.54, 1.807) is 0 Å². The highest BCUT2D eigenvalue weighted by Crippen LogP contribution is 2.39. The standard InChI is InChI=1S/C17H35N3/c1-16-7-6-8-17(13-16,14-18-2)15-19(3)11-12-20-9-4-5-10-20/h16,18H,4-15H2,1-3H3. The Morgan fingerprint density at radius 1 is 1.25 bits per heavy atom. The Morgan fingerprint density at radius 3 is 2.65 bits per heavy atom. The van der Waals surface area contributed by atoms with E-state index in [1.807, 2.05) is 0 Å². The van der Waals surface area contributed by atoms with E-state index in [0.29, 0.717) is 5.41 Å². The van der Waals surface area contributed by atoms with Crippen molar-refractivity contribution in [3.63, 3.8) is 0 Å². The Bertz CT molecular complexity index is 271. The van der Waals surface area contributed by atoms with Crippen LogP contribution in [0.1, 0.15) is 45.4 Å². The third-order valence-corrected chi connectivity index (χ3v) is 5.34. The Morgan fingerprint density at radius 2 is 2.00 bits per heavy atom. The second-order valence-corrected chi connectivity index (χ2v) is 7.52. The first-order chi connectivity index (χ1) is 9.63. The van der Waals surface area contributed by atoms with Crippen LogP contribution in [0.2, 0.25) is 0 Å². The summed E-state index contributed by atoms with van der Waals surface area (Å²) in [5.41, 5.74) is 0.520. The Kier molecular flexibility index (Phi) is 6.31. The van der Waals surface area contributed by atoms with Crippen molar-refractivity contribution in [2.24, 2.45) is 11.3 Å². The van der Waals surface area contributed by atoms with Crippen molar-refractivity contribution in [2.75, 3.05) is 53.4 Å². The summed E-state index contributed by atoms with van der Waals surface area (Å²) in [6, 6.07) is 0. The number of rotatable bonds is 7. The van der Waals surface area contributed by atoms with Gasteiger partial charge in [0.05, 0.1) is 0 Å². The molecule has 118 valence electrons. The van der Waals surface area contributed by atoms with Crippen molar-refractivity contribution in [2.45, 2.75) is 45.4 Å².